The number of rotatable bonds is 5. The Kier molecular flexibility index (Phi) is 6.66. The van der Waals surface area contributed by atoms with E-state index in [1.54, 1.807) is 18.2 Å². The molecule has 144 valence electrons. The molecule has 3 amide bonds. The van der Waals surface area contributed by atoms with Gasteiger partial charge < -0.3 is 5.32 Å². The van der Waals surface area contributed by atoms with Gasteiger partial charge in [-0.05, 0) is 48.4 Å². The van der Waals surface area contributed by atoms with Gasteiger partial charge in [-0.2, -0.15) is 0 Å². The van der Waals surface area contributed by atoms with Crippen molar-refractivity contribution in [3.05, 3.63) is 40.6 Å². The fraction of sp³-hybridized carbons (Fsp3) is 0.450. The predicted molar refractivity (Wildman–Crippen MR) is 103 cm³/mol. The van der Waals surface area contributed by atoms with Crippen LogP contribution in [0.2, 0.25) is 0 Å². The number of nitrogens with one attached hydrogen (secondary N) is 1. The number of imide groups is 1. The van der Waals surface area contributed by atoms with Crippen LogP contribution >= 0.6 is 11.8 Å². The summed E-state index contributed by atoms with van der Waals surface area (Å²) >= 11 is 0.863. The third-order valence-corrected chi connectivity index (χ3v) is 5.81. The lowest BCUT2D eigenvalue weighted by molar-refractivity contribution is -0.126. The molecule has 2 fully saturated rings. The molecule has 0 bridgehead atoms. The maximum atomic E-state index is 13.0. The molecule has 27 heavy (non-hydrogen) atoms. The number of hydrogen-bond acceptors (Lipinski definition) is 4. The highest BCUT2D eigenvalue weighted by Gasteiger charge is 2.34. The van der Waals surface area contributed by atoms with Gasteiger partial charge in [0.2, 0.25) is 5.91 Å². The van der Waals surface area contributed by atoms with Gasteiger partial charge >= 0.3 is 0 Å². The van der Waals surface area contributed by atoms with E-state index >= 15 is 0 Å². The second kappa shape index (κ2) is 9.17. The maximum Gasteiger partial charge on any atom is 0.293 e. The lowest BCUT2D eigenvalue weighted by Crippen LogP contribution is -2.39. The molecule has 2 aliphatic rings. The van der Waals surface area contributed by atoms with Gasteiger partial charge in [-0.15, -0.1) is 0 Å². The van der Waals surface area contributed by atoms with Crippen LogP contribution in [0.25, 0.3) is 6.08 Å². The number of benzene rings is 1. The molecule has 1 aliphatic carbocycles. The molecule has 1 aromatic carbocycles. The topological polar surface area (TPSA) is 66.5 Å². The van der Waals surface area contributed by atoms with Crippen molar-refractivity contribution in [3.8, 4) is 0 Å². The third kappa shape index (κ3) is 5.19. The largest absolute Gasteiger partial charge is 0.354 e. The average Bonchev–Trinajstić information content (AvgIpc) is 2.86. The summed E-state index contributed by atoms with van der Waals surface area (Å²) in [7, 11) is 0. The zero-order valence-electron chi connectivity index (χ0n) is 15.1. The standard InChI is InChI=1S/C20H23FN2O3S/c21-16-9-7-14(8-10-16)13-17-19(25)23(20(26)27-17)12-11-22-18(24)15-5-3-1-2-4-6-15/h7-10,13,15H,1-6,11-12H2,(H,22,24). The monoisotopic (exact) mass is 390 g/mol. The van der Waals surface area contributed by atoms with Crippen LogP contribution in [0.1, 0.15) is 44.1 Å². The summed E-state index contributed by atoms with van der Waals surface area (Å²) in [5.41, 5.74) is 0.656. The van der Waals surface area contributed by atoms with Crippen LogP contribution in [-0.4, -0.2) is 35.0 Å². The van der Waals surface area contributed by atoms with Crippen molar-refractivity contribution in [2.45, 2.75) is 38.5 Å². The number of halogens is 1. The molecular formula is C20H23FN2O3S. The van der Waals surface area contributed by atoms with Crippen molar-refractivity contribution in [2.75, 3.05) is 13.1 Å². The first-order valence-corrected chi connectivity index (χ1v) is 10.1. The van der Waals surface area contributed by atoms with Gasteiger partial charge in [-0.3, -0.25) is 19.3 Å². The van der Waals surface area contributed by atoms with Crippen molar-refractivity contribution in [2.24, 2.45) is 5.92 Å². The SMILES string of the molecule is O=C(NCCN1C(=O)SC(=Cc2ccc(F)cc2)C1=O)C1CCCCCC1. The molecule has 0 unspecified atom stereocenters. The molecule has 1 N–H and O–H groups in total. The lowest BCUT2D eigenvalue weighted by atomic mass is 9.99. The first kappa shape index (κ1) is 19.6. The second-order valence-electron chi connectivity index (χ2n) is 6.86. The number of nitrogens with zero attached hydrogens (tertiary/aromatic N) is 1. The Hall–Kier alpha value is -2.15. The van der Waals surface area contributed by atoms with E-state index in [1.165, 1.54) is 25.0 Å². The van der Waals surface area contributed by atoms with E-state index in [-0.39, 0.29) is 41.9 Å². The van der Waals surface area contributed by atoms with Gasteiger partial charge in [0.25, 0.3) is 11.1 Å². The van der Waals surface area contributed by atoms with Crippen LogP contribution < -0.4 is 5.32 Å². The van der Waals surface area contributed by atoms with Gasteiger partial charge in [-0.25, -0.2) is 4.39 Å². The third-order valence-electron chi connectivity index (χ3n) is 4.90. The van der Waals surface area contributed by atoms with E-state index in [1.807, 2.05) is 0 Å². The molecule has 5 nitrogen and oxygen atoms in total. The first-order valence-electron chi connectivity index (χ1n) is 9.33. The molecule has 3 rings (SSSR count). The minimum atomic E-state index is -0.377. The predicted octanol–water partition coefficient (Wildman–Crippen LogP) is 3.95. The van der Waals surface area contributed by atoms with Gasteiger partial charge in [0.1, 0.15) is 5.82 Å². The van der Waals surface area contributed by atoms with Gasteiger partial charge in [0.15, 0.2) is 0 Å². The zero-order valence-corrected chi connectivity index (χ0v) is 15.9. The lowest BCUT2D eigenvalue weighted by Gasteiger charge is -2.16. The minimum Gasteiger partial charge on any atom is -0.354 e. The van der Waals surface area contributed by atoms with E-state index in [4.69, 9.17) is 0 Å². The molecule has 1 saturated carbocycles. The van der Waals surface area contributed by atoms with E-state index in [9.17, 15) is 18.8 Å². The molecule has 7 heteroatoms. The van der Waals surface area contributed by atoms with Crippen molar-refractivity contribution < 1.29 is 18.8 Å². The molecular weight excluding hydrogens is 367 g/mol. The molecule has 0 radical (unpaired) electrons. The van der Waals surface area contributed by atoms with Crippen molar-refractivity contribution in [3.63, 3.8) is 0 Å². The summed E-state index contributed by atoms with van der Waals surface area (Å²) in [4.78, 5) is 38.3. The molecule has 1 aliphatic heterocycles. The van der Waals surface area contributed by atoms with E-state index < -0.39 is 0 Å². The summed E-state index contributed by atoms with van der Waals surface area (Å²) in [5.74, 6) is -0.672. The zero-order chi connectivity index (χ0) is 19.2. The Morgan fingerprint density at radius 3 is 2.48 bits per heavy atom. The van der Waals surface area contributed by atoms with Gasteiger partial charge in [0.05, 0.1) is 4.91 Å². The molecule has 1 saturated heterocycles. The summed E-state index contributed by atoms with van der Waals surface area (Å²) in [5, 5.41) is 2.51. The smallest absolute Gasteiger partial charge is 0.293 e. The van der Waals surface area contributed by atoms with Crippen molar-refractivity contribution in [1.82, 2.24) is 10.2 Å². The van der Waals surface area contributed by atoms with Gasteiger partial charge in [0, 0.05) is 19.0 Å². The Balaban J connectivity index is 1.53. The number of carbonyl (C=O) groups is 3. The number of hydrogen-bond donors (Lipinski definition) is 1. The Morgan fingerprint density at radius 2 is 1.81 bits per heavy atom. The summed E-state index contributed by atoms with van der Waals surface area (Å²) in [6.45, 7) is 0.418. The quantitative estimate of drug-likeness (QED) is 0.611. The molecule has 0 aromatic heterocycles. The molecule has 0 spiro atoms. The number of amides is 3. The second-order valence-corrected chi connectivity index (χ2v) is 7.86. The van der Waals surface area contributed by atoms with Crippen LogP contribution in [-0.2, 0) is 9.59 Å². The van der Waals surface area contributed by atoms with E-state index in [2.05, 4.69) is 5.32 Å². The van der Waals surface area contributed by atoms with Crippen LogP contribution in [0.4, 0.5) is 9.18 Å². The van der Waals surface area contributed by atoms with Crippen molar-refractivity contribution in [1.29, 1.82) is 0 Å². The highest BCUT2D eigenvalue weighted by molar-refractivity contribution is 8.18. The highest BCUT2D eigenvalue weighted by atomic mass is 32.2. The Labute approximate surface area is 162 Å². The van der Waals surface area contributed by atoms with E-state index in [0.717, 1.165) is 42.3 Å². The van der Waals surface area contributed by atoms with Crippen molar-refractivity contribution >= 4 is 34.9 Å². The van der Waals surface area contributed by atoms with Crippen LogP contribution in [0.3, 0.4) is 0 Å². The molecule has 1 aromatic rings. The maximum absolute atomic E-state index is 13.0. The summed E-state index contributed by atoms with van der Waals surface area (Å²) in [6.07, 6.45) is 7.92. The average molecular weight is 390 g/mol. The number of thioether (sulfide) groups is 1. The normalized spacial score (nSPS) is 20.2. The minimum absolute atomic E-state index is 0.0192. The Bertz CT molecular complexity index is 740. The summed E-state index contributed by atoms with van der Waals surface area (Å²) in [6, 6.07) is 5.71. The van der Waals surface area contributed by atoms with Gasteiger partial charge in [-0.1, -0.05) is 37.8 Å². The highest BCUT2D eigenvalue weighted by Crippen LogP contribution is 2.32. The van der Waals surface area contributed by atoms with E-state index in [0.29, 0.717) is 10.5 Å². The fourth-order valence-corrected chi connectivity index (χ4v) is 4.24. The first-order chi connectivity index (χ1) is 13.0. The fourth-order valence-electron chi connectivity index (χ4n) is 3.38. The van der Waals surface area contributed by atoms with Crippen LogP contribution in [0.15, 0.2) is 29.2 Å². The van der Waals surface area contributed by atoms with Crippen LogP contribution in [0.5, 0.6) is 0 Å². The molecule has 0 atom stereocenters. The summed E-state index contributed by atoms with van der Waals surface area (Å²) < 4.78 is 13.0. The van der Waals surface area contributed by atoms with Crippen LogP contribution in [0, 0.1) is 11.7 Å². The number of carbonyl (C=O) groups excluding carboxylic acids is 3. The molecule has 1 heterocycles. The Morgan fingerprint density at radius 1 is 1.15 bits per heavy atom.